The van der Waals surface area contributed by atoms with Gasteiger partial charge in [-0.25, -0.2) is 4.98 Å². The zero-order valence-corrected chi connectivity index (χ0v) is 13.7. The first-order chi connectivity index (χ1) is 9.38. The molecule has 1 saturated heterocycles. The summed E-state index contributed by atoms with van der Waals surface area (Å²) < 4.78 is 0. The third-order valence-corrected chi connectivity index (χ3v) is 4.52. The number of carbonyl (C=O) groups excluding carboxylic acids is 1. The van der Waals surface area contributed by atoms with Crippen molar-refractivity contribution in [2.75, 3.05) is 13.1 Å². The number of nitrogens with one attached hydrogen (secondary N) is 1. The second-order valence-corrected chi connectivity index (χ2v) is 7.45. The Hall–Kier alpha value is -0.940. The first kappa shape index (κ1) is 15.4. The summed E-state index contributed by atoms with van der Waals surface area (Å²) >= 11 is 1.66. The van der Waals surface area contributed by atoms with Gasteiger partial charge in [-0.05, 0) is 19.8 Å². The molecule has 1 aliphatic heterocycles. The summed E-state index contributed by atoms with van der Waals surface area (Å²) in [6.45, 7) is 10.9. The second kappa shape index (κ2) is 6.22. The van der Waals surface area contributed by atoms with Gasteiger partial charge in [0.05, 0.1) is 11.7 Å². The monoisotopic (exact) mass is 295 g/mol. The molecule has 1 aromatic heterocycles. The first-order valence-corrected chi connectivity index (χ1v) is 8.23. The molecule has 0 spiro atoms. The van der Waals surface area contributed by atoms with Crippen molar-refractivity contribution in [1.82, 2.24) is 15.2 Å². The number of nitrogens with zero attached hydrogens (tertiary/aromatic N) is 2. The minimum Gasteiger partial charge on any atom is -0.341 e. The molecule has 0 radical (unpaired) electrons. The fourth-order valence-corrected chi connectivity index (χ4v) is 3.25. The highest BCUT2D eigenvalue weighted by molar-refractivity contribution is 7.09. The predicted octanol–water partition coefficient (Wildman–Crippen LogP) is 2.54. The molecular formula is C15H25N3OS. The van der Waals surface area contributed by atoms with Crippen molar-refractivity contribution in [2.45, 2.75) is 58.5 Å². The van der Waals surface area contributed by atoms with Crippen molar-refractivity contribution >= 4 is 17.2 Å². The van der Waals surface area contributed by atoms with E-state index in [1.54, 1.807) is 11.3 Å². The van der Waals surface area contributed by atoms with Crippen LogP contribution in [0.15, 0.2) is 5.38 Å². The van der Waals surface area contributed by atoms with Crippen LogP contribution in [0.1, 0.15) is 51.2 Å². The summed E-state index contributed by atoms with van der Waals surface area (Å²) in [7, 11) is 0. The average molecular weight is 295 g/mol. The van der Waals surface area contributed by atoms with E-state index in [2.05, 4.69) is 36.5 Å². The Morgan fingerprint density at radius 3 is 2.65 bits per heavy atom. The van der Waals surface area contributed by atoms with Gasteiger partial charge in [0.15, 0.2) is 0 Å². The number of amides is 1. The van der Waals surface area contributed by atoms with Crippen molar-refractivity contribution in [3.63, 3.8) is 0 Å². The highest BCUT2D eigenvalue weighted by atomic mass is 32.1. The molecule has 1 aromatic rings. The number of likely N-dealkylation sites (tertiary alicyclic amines) is 1. The van der Waals surface area contributed by atoms with E-state index in [9.17, 15) is 4.79 Å². The van der Waals surface area contributed by atoms with E-state index in [1.165, 1.54) is 0 Å². The maximum atomic E-state index is 12.2. The average Bonchev–Trinajstić information content (AvgIpc) is 3.04. The maximum absolute atomic E-state index is 12.2. The predicted molar refractivity (Wildman–Crippen MR) is 82.9 cm³/mol. The lowest BCUT2D eigenvalue weighted by atomic mass is 9.93. The molecule has 2 heterocycles. The van der Waals surface area contributed by atoms with Gasteiger partial charge < -0.3 is 4.90 Å². The Labute approximate surface area is 125 Å². The van der Waals surface area contributed by atoms with Crippen LogP contribution in [0, 0.1) is 0 Å². The molecule has 2 rings (SSSR count). The maximum Gasteiger partial charge on any atom is 0.239 e. The smallest absolute Gasteiger partial charge is 0.239 e. The van der Waals surface area contributed by atoms with Crippen LogP contribution < -0.4 is 5.32 Å². The van der Waals surface area contributed by atoms with E-state index in [0.29, 0.717) is 6.54 Å². The molecule has 1 N–H and O–H groups in total. The van der Waals surface area contributed by atoms with Crippen molar-refractivity contribution in [1.29, 1.82) is 0 Å². The molecule has 4 nitrogen and oxygen atoms in total. The largest absolute Gasteiger partial charge is 0.341 e. The Kier molecular flexibility index (Phi) is 4.81. The Morgan fingerprint density at radius 2 is 2.10 bits per heavy atom. The fraction of sp³-hybridized carbons (Fsp3) is 0.733. The first-order valence-electron chi connectivity index (χ1n) is 7.35. The number of hydrogen-bond acceptors (Lipinski definition) is 4. The van der Waals surface area contributed by atoms with Crippen molar-refractivity contribution < 1.29 is 4.79 Å². The molecular weight excluding hydrogens is 270 g/mol. The molecule has 0 aliphatic carbocycles. The fourth-order valence-electron chi connectivity index (χ4n) is 2.28. The molecule has 0 saturated carbocycles. The molecule has 5 heteroatoms. The van der Waals surface area contributed by atoms with Gasteiger partial charge in [-0.1, -0.05) is 20.8 Å². The summed E-state index contributed by atoms with van der Waals surface area (Å²) in [4.78, 5) is 18.8. The summed E-state index contributed by atoms with van der Waals surface area (Å²) in [5.74, 6) is 0.218. The van der Waals surface area contributed by atoms with Gasteiger partial charge in [-0.15, -0.1) is 11.3 Å². The molecule has 20 heavy (non-hydrogen) atoms. The third kappa shape index (κ3) is 3.79. The summed E-state index contributed by atoms with van der Waals surface area (Å²) in [5, 5.41) is 6.46. The van der Waals surface area contributed by atoms with Crippen LogP contribution in [-0.4, -0.2) is 34.9 Å². The third-order valence-electron chi connectivity index (χ3n) is 3.67. The van der Waals surface area contributed by atoms with E-state index in [4.69, 9.17) is 0 Å². The topological polar surface area (TPSA) is 45.2 Å². The number of carbonyl (C=O) groups is 1. The number of rotatable bonds is 4. The number of aromatic nitrogens is 1. The van der Waals surface area contributed by atoms with Crippen LogP contribution in [0.2, 0.25) is 0 Å². The van der Waals surface area contributed by atoms with Crippen molar-refractivity contribution in [2.24, 2.45) is 0 Å². The summed E-state index contributed by atoms with van der Waals surface area (Å²) in [6.07, 6.45) is 2.28. The molecule has 1 atom stereocenters. The molecule has 0 bridgehead atoms. The van der Waals surface area contributed by atoms with Crippen LogP contribution in [0.4, 0.5) is 0 Å². The highest BCUT2D eigenvalue weighted by Crippen LogP contribution is 2.23. The Balaban J connectivity index is 1.85. The lowest BCUT2D eigenvalue weighted by Crippen LogP contribution is -2.43. The van der Waals surface area contributed by atoms with E-state index in [-0.39, 0.29) is 17.4 Å². The van der Waals surface area contributed by atoms with Gasteiger partial charge >= 0.3 is 0 Å². The van der Waals surface area contributed by atoms with E-state index < -0.39 is 0 Å². The Morgan fingerprint density at radius 1 is 1.45 bits per heavy atom. The summed E-state index contributed by atoms with van der Waals surface area (Å²) in [5.41, 5.74) is 1.21. The van der Waals surface area contributed by atoms with Crippen LogP contribution >= 0.6 is 11.3 Å². The number of hydrogen-bond donors (Lipinski definition) is 1. The van der Waals surface area contributed by atoms with Crippen molar-refractivity contribution in [3.05, 3.63) is 16.1 Å². The lowest BCUT2D eigenvalue weighted by molar-refractivity contribution is -0.131. The molecule has 1 unspecified atom stereocenters. The van der Waals surface area contributed by atoms with Crippen LogP contribution in [0.25, 0.3) is 0 Å². The highest BCUT2D eigenvalue weighted by Gasteiger charge is 2.23. The van der Waals surface area contributed by atoms with Gasteiger partial charge in [0, 0.05) is 30.4 Å². The standard InChI is InChI=1S/C15H25N3OS/c1-11(14(19)18-7-5-6-8-18)16-9-13-17-12(10-20-13)15(2,3)4/h10-11,16H,5-9H2,1-4H3. The molecule has 1 fully saturated rings. The molecule has 112 valence electrons. The summed E-state index contributed by atoms with van der Waals surface area (Å²) in [6, 6.07) is -0.130. The zero-order chi connectivity index (χ0) is 14.8. The van der Waals surface area contributed by atoms with Gasteiger partial charge in [0.2, 0.25) is 5.91 Å². The lowest BCUT2D eigenvalue weighted by Gasteiger charge is -2.20. The van der Waals surface area contributed by atoms with Crippen LogP contribution in [-0.2, 0) is 16.8 Å². The Bertz CT molecular complexity index is 458. The normalized spacial score (nSPS) is 17.5. The zero-order valence-electron chi connectivity index (χ0n) is 12.9. The second-order valence-electron chi connectivity index (χ2n) is 6.51. The SMILES string of the molecule is CC(NCc1nc(C(C)(C)C)cs1)C(=O)N1CCCC1. The number of thiazole rings is 1. The van der Waals surface area contributed by atoms with E-state index in [1.807, 2.05) is 11.8 Å². The van der Waals surface area contributed by atoms with E-state index in [0.717, 1.165) is 36.6 Å². The van der Waals surface area contributed by atoms with Gasteiger partial charge in [0.1, 0.15) is 5.01 Å². The van der Waals surface area contributed by atoms with Gasteiger partial charge in [-0.2, -0.15) is 0 Å². The molecule has 0 aromatic carbocycles. The van der Waals surface area contributed by atoms with Crippen molar-refractivity contribution in [3.8, 4) is 0 Å². The van der Waals surface area contributed by atoms with Crippen LogP contribution in [0.5, 0.6) is 0 Å². The molecule has 1 aliphatic rings. The minimum absolute atomic E-state index is 0.0890. The molecule has 1 amide bonds. The van der Waals surface area contributed by atoms with Crippen LogP contribution in [0.3, 0.4) is 0 Å². The van der Waals surface area contributed by atoms with Gasteiger partial charge in [0.25, 0.3) is 0 Å². The quantitative estimate of drug-likeness (QED) is 0.928. The minimum atomic E-state index is -0.130. The van der Waals surface area contributed by atoms with E-state index >= 15 is 0 Å². The van der Waals surface area contributed by atoms with Gasteiger partial charge in [-0.3, -0.25) is 10.1 Å².